The second-order valence-electron chi connectivity index (χ2n) is 4.37. The van der Waals surface area contributed by atoms with Gasteiger partial charge in [-0.2, -0.15) is 0 Å². The number of aryl methyl sites for hydroxylation is 1. The van der Waals surface area contributed by atoms with Gasteiger partial charge in [0.15, 0.2) is 11.5 Å². The highest BCUT2D eigenvalue weighted by molar-refractivity contribution is 5.80. The van der Waals surface area contributed by atoms with E-state index in [2.05, 4.69) is 16.5 Å². The van der Waals surface area contributed by atoms with Gasteiger partial charge >= 0.3 is 0 Å². The standard InChI is InChI=1S/C13H17N3O2/c1-2-3-16-10-7-12-11(17-4-5-18-12)6-9(10)15-13(16)8-14/h6-7H,2-5,8,14H2,1H3. The molecule has 96 valence electrons. The number of hydrogen-bond donors (Lipinski definition) is 1. The lowest BCUT2D eigenvalue weighted by atomic mass is 10.2. The van der Waals surface area contributed by atoms with Gasteiger partial charge in [-0.1, -0.05) is 6.92 Å². The zero-order valence-corrected chi connectivity index (χ0v) is 10.5. The Hall–Kier alpha value is -1.75. The van der Waals surface area contributed by atoms with Crippen LogP contribution in [0.2, 0.25) is 0 Å². The van der Waals surface area contributed by atoms with Gasteiger partial charge in [-0.25, -0.2) is 4.98 Å². The summed E-state index contributed by atoms with van der Waals surface area (Å²) in [6, 6.07) is 3.95. The first-order valence-corrected chi connectivity index (χ1v) is 6.32. The van der Waals surface area contributed by atoms with Crippen molar-refractivity contribution in [2.24, 2.45) is 5.73 Å². The van der Waals surface area contributed by atoms with E-state index in [9.17, 15) is 0 Å². The maximum atomic E-state index is 5.75. The van der Waals surface area contributed by atoms with Crippen LogP contribution in [0.15, 0.2) is 12.1 Å². The fraction of sp³-hybridized carbons (Fsp3) is 0.462. The van der Waals surface area contributed by atoms with E-state index in [1.54, 1.807) is 0 Å². The zero-order chi connectivity index (χ0) is 12.5. The first-order valence-electron chi connectivity index (χ1n) is 6.32. The molecule has 1 aliphatic rings. The first kappa shape index (κ1) is 11.3. The van der Waals surface area contributed by atoms with Crippen LogP contribution in [0, 0.1) is 0 Å². The Balaban J connectivity index is 2.19. The molecule has 2 aromatic rings. The molecule has 0 aliphatic carbocycles. The molecule has 0 saturated heterocycles. The van der Waals surface area contributed by atoms with E-state index in [4.69, 9.17) is 15.2 Å². The summed E-state index contributed by atoms with van der Waals surface area (Å²) in [5.74, 6) is 2.49. The van der Waals surface area contributed by atoms with Crippen molar-refractivity contribution in [1.29, 1.82) is 0 Å². The van der Waals surface area contributed by atoms with Gasteiger partial charge in [0.1, 0.15) is 19.0 Å². The summed E-state index contributed by atoms with van der Waals surface area (Å²) in [4.78, 5) is 4.56. The molecule has 3 rings (SSSR count). The van der Waals surface area contributed by atoms with Crippen molar-refractivity contribution in [3.05, 3.63) is 18.0 Å². The summed E-state index contributed by atoms with van der Waals surface area (Å²) in [7, 11) is 0. The molecule has 0 amide bonds. The lowest BCUT2D eigenvalue weighted by Gasteiger charge is -2.18. The third-order valence-corrected chi connectivity index (χ3v) is 3.12. The number of ether oxygens (including phenoxy) is 2. The van der Waals surface area contributed by atoms with Crippen molar-refractivity contribution in [2.75, 3.05) is 13.2 Å². The third kappa shape index (κ3) is 1.71. The molecule has 0 fully saturated rings. The summed E-state index contributed by atoms with van der Waals surface area (Å²) in [6.07, 6.45) is 1.05. The van der Waals surface area contributed by atoms with Crippen molar-refractivity contribution in [1.82, 2.24) is 9.55 Å². The maximum absolute atomic E-state index is 5.75. The molecule has 1 aliphatic heterocycles. The van der Waals surface area contributed by atoms with Gasteiger partial charge in [0.25, 0.3) is 0 Å². The van der Waals surface area contributed by atoms with Gasteiger partial charge in [0, 0.05) is 18.7 Å². The third-order valence-electron chi connectivity index (χ3n) is 3.12. The van der Waals surface area contributed by atoms with E-state index < -0.39 is 0 Å². The summed E-state index contributed by atoms with van der Waals surface area (Å²) < 4.78 is 13.3. The predicted octanol–water partition coefficient (Wildman–Crippen LogP) is 1.68. The molecule has 5 heteroatoms. The van der Waals surface area contributed by atoms with Crippen molar-refractivity contribution < 1.29 is 9.47 Å². The fourth-order valence-electron chi connectivity index (χ4n) is 2.34. The Kier molecular flexibility index (Phi) is 2.83. The molecule has 0 radical (unpaired) electrons. The number of benzene rings is 1. The SMILES string of the molecule is CCCn1c(CN)nc2cc3c(cc21)OCCO3. The van der Waals surface area contributed by atoms with Crippen molar-refractivity contribution in [3.63, 3.8) is 0 Å². The van der Waals surface area contributed by atoms with Crippen LogP contribution in [0.1, 0.15) is 19.2 Å². The van der Waals surface area contributed by atoms with Crippen LogP contribution in [-0.2, 0) is 13.1 Å². The van der Waals surface area contributed by atoms with Gasteiger partial charge in [-0.05, 0) is 6.42 Å². The minimum atomic E-state index is 0.445. The average molecular weight is 247 g/mol. The van der Waals surface area contributed by atoms with Crippen molar-refractivity contribution in [3.8, 4) is 11.5 Å². The van der Waals surface area contributed by atoms with Gasteiger partial charge in [0.2, 0.25) is 0 Å². The number of nitrogens with zero attached hydrogens (tertiary/aromatic N) is 2. The Morgan fingerprint density at radius 1 is 1.28 bits per heavy atom. The topological polar surface area (TPSA) is 62.3 Å². The maximum Gasteiger partial charge on any atom is 0.163 e. The van der Waals surface area contributed by atoms with E-state index in [0.717, 1.165) is 41.3 Å². The van der Waals surface area contributed by atoms with E-state index in [1.807, 2.05) is 12.1 Å². The molecule has 0 saturated carbocycles. The van der Waals surface area contributed by atoms with Crippen molar-refractivity contribution >= 4 is 11.0 Å². The van der Waals surface area contributed by atoms with E-state index in [1.165, 1.54) is 0 Å². The summed E-state index contributed by atoms with van der Waals surface area (Å²) in [6.45, 7) is 4.70. The highest BCUT2D eigenvalue weighted by atomic mass is 16.6. The molecule has 18 heavy (non-hydrogen) atoms. The second-order valence-corrected chi connectivity index (χ2v) is 4.37. The minimum absolute atomic E-state index is 0.445. The molecule has 0 unspecified atom stereocenters. The van der Waals surface area contributed by atoms with Crippen LogP contribution in [0.4, 0.5) is 0 Å². The number of imidazole rings is 1. The van der Waals surface area contributed by atoms with Gasteiger partial charge in [-0.15, -0.1) is 0 Å². The molecule has 0 spiro atoms. The second kappa shape index (κ2) is 4.49. The van der Waals surface area contributed by atoms with Crippen LogP contribution < -0.4 is 15.2 Å². The normalized spacial score (nSPS) is 14.1. The first-order chi connectivity index (χ1) is 8.83. The van der Waals surface area contributed by atoms with Crippen LogP contribution >= 0.6 is 0 Å². The van der Waals surface area contributed by atoms with E-state index in [-0.39, 0.29) is 0 Å². The lowest BCUT2D eigenvalue weighted by Crippen LogP contribution is -2.15. The minimum Gasteiger partial charge on any atom is -0.486 e. The quantitative estimate of drug-likeness (QED) is 0.896. The Morgan fingerprint density at radius 2 is 2.00 bits per heavy atom. The number of nitrogens with two attached hydrogens (primary N) is 1. The average Bonchev–Trinajstić information content (AvgIpc) is 2.74. The van der Waals surface area contributed by atoms with Crippen LogP contribution in [-0.4, -0.2) is 22.8 Å². The number of fused-ring (bicyclic) bond motifs is 2. The van der Waals surface area contributed by atoms with Crippen LogP contribution in [0.3, 0.4) is 0 Å². The molecular formula is C13H17N3O2. The molecule has 2 heterocycles. The molecule has 0 atom stereocenters. The Morgan fingerprint density at radius 3 is 2.67 bits per heavy atom. The zero-order valence-electron chi connectivity index (χ0n) is 10.5. The van der Waals surface area contributed by atoms with Crippen LogP contribution in [0.25, 0.3) is 11.0 Å². The number of rotatable bonds is 3. The summed E-state index contributed by atoms with van der Waals surface area (Å²) in [5.41, 5.74) is 7.75. The molecule has 0 bridgehead atoms. The lowest BCUT2D eigenvalue weighted by molar-refractivity contribution is 0.172. The highest BCUT2D eigenvalue weighted by Gasteiger charge is 2.17. The van der Waals surface area contributed by atoms with Gasteiger partial charge < -0.3 is 19.8 Å². The molecule has 2 N–H and O–H groups in total. The van der Waals surface area contributed by atoms with E-state index >= 15 is 0 Å². The number of aromatic nitrogens is 2. The summed E-state index contributed by atoms with van der Waals surface area (Å²) >= 11 is 0. The molecule has 5 nitrogen and oxygen atoms in total. The predicted molar refractivity (Wildman–Crippen MR) is 68.9 cm³/mol. The van der Waals surface area contributed by atoms with Crippen LogP contribution in [0.5, 0.6) is 11.5 Å². The van der Waals surface area contributed by atoms with Crippen molar-refractivity contribution in [2.45, 2.75) is 26.4 Å². The van der Waals surface area contributed by atoms with Gasteiger partial charge in [-0.3, -0.25) is 0 Å². The van der Waals surface area contributed by atoms with E-state index in [0.29, 0.717) is 19.8 Å². The largest absolute Gasteiger partial charge is 0.486 e. The monoisotopic (exact) mass is 247 g/mol. The van der Waals surface area contributed by atoms with Gasteiger partial charge in [0.05, 0.1) is 17.6 Å². The summed E-state index contributed by atoms with van der Waals surface area (Å²) in [5, 5.41) is 0. The highest BCUT2D eigenvalue weighted by Crippen LogP contribution is 2.34. The molecule has 1 aromatic heterocycles. The Labute approximate surface area is 106 Å². The Bertz CT molecular complexity index is 577. The fourth-order valence-corrected chi connectivity index (χ4v) is 2.34. The molecule has 1 aromatic carbocycles. The number of hydrogen-bond acceptors (Lipinski definition) is 4. The molecular weight excluding hydrogens is 230 g/mol. The smallest absolute Gasteiger partial charge is 0.163 e.